The average molecular weight is 463 g/mol. The topological polar surface area (TPSA) is 71.8 Å². The maximum Gasteiger partial charge on any atom is 0.240 e. The number of rotatable bonds is 12. The monoisotopic (exact) mass is 462 g/mol. The number of hydrogen-bond acceptors (Lipinski definition) is 5. The van der Waals surface area contributed by atoms with Crippen LogP contribution in [0.3, 0.4) is 0 Å². The van der Waals surface area contributed by atoms with Gasteiger partial charge in [0.25, 0.3) is 0 Å². The Kier molecular flexibility index (Phi) is 8.69. The Bertz CT molecular complexity index is 1010. The van der Waals surface area contributed by atoms with Gasteiger partial charge in [0.15, 0.2) is 0 Å². The molecular weight excluding hydrogens is 436 g/mol. The molecule has 0 radical (unpaired) electrons. The number of sulfonamides is 1. The normalized spacial score (nSPS) is 12.9. The van der Waals surface area contributed by atoms with E-state index in [9.17, 15) is 8.42 Å². The summed E-state index contributed by atoms with van der Waals surface area (Å²) in [6, 6.07) is 19.6. The van der Waals surface area contributed by atoms with Crippen LogP contribution in [-0.2, 0) is 21.3 Å². The maximum atomic E-state index is 12.9. The van der Waals surface area contributed by atoms with Gasteiger partial charge >= 0.3 is 0 Å². The van der Waals surface area contributed by atoms with Crippen molar-refractivity contribution in [3.63, 3.8) is 0 Å². The molecule has 0 saturated carbocycles. The molecule has 0 aliphatic rings. The second-order valence-electron chi connectivity index (χ2n) is 7.13. The fraction of sp³-hybridized carbons (Fsp3) is 0.304. The zero-order valence-electron chi connectivity index (χ0n) is 17.4. The molecule has 0 fully saturated rings. The molecule has 1 atom stereocenters. The SMILES string of the molecule is COCCCN(Cc1ccco1)[C@@H](CNS(=O)(=O)c1ccc(Cl)cc1)c1ccccc1. The fourth-order valence-electron chi connectivity index (χ4n) is 3.38. The first-order chi connectivity index (χ1) is 15.0. The number of hydrogen-bond donors (Lipinski definition) is 1. The molecule has 8 heteroatoms. The van der Waals surface area contributed by atoms with Gasteiger partial charge < -0.3 is 9.15 Å². The number of nitrogens with one attached hydrogen (secondary N) is 1. The van der Waals surface area contributed by atoms with Crippen LogP contribution in [0.1, 0.15) is 23.8 Å². The Labute approximate surface area is 188 Å². The van der Waals surface area contributed by atoms with E-state index in [2.05, 4.69) is 9.62 Å². The van der Waals surface area contributed by atoms with Crippen LogP contribution in [0, 0.1) is 0 Å². The van der Waals surface area contributed by atoms with E-state index in [1.165, 1.54) is 12.1 Å². The molecule has 0 saturated heterocycles. The summed E-state index contributed by atoms with van der Waals surface area (Å²) >= 11 is 5.90. The smallest absolute Gasteiger partial charge is 0.240 e. The molecule has 0 bridgehead atoms. The van der Waals surface area contributed by atoms with Crippen LogP contribution in [0.5, 0.6) is 0 Å². The number of nitrogens with zero attached hydrogens (tertiary/aromatic N) is 1. The van der Waals surface area contributed by atoms with Crippen LogP contribution in [0.4, 0.5) is 0 Å². The van der Waals surface area contributed by atoms with E-state index in [1.807, 2.05) is 42.5 Å². The van der Waals surface area contributed by atoms with Crippen LogP contribution in [0.15, 0.2) is 82.3 Å². The van der Waals surface area contributed by atoms with Gasteiger partial charge in [0.2, 0.25) is 10.0 Å². The van der Waals surface area contributed by atoms with E-state index >= 15 is 0 Å². The lowest BCUT2D eigenvalue weighted by atomic mass is 10.0. The summed E-state index contributed by atoms with van der Waals surface area (Å²) in [4.78, 5) is 2.39. The molecule has 31 heavy (non-hydrogen) atoms. The highest BCUT2D eigenvalue weighted by Crippen LogP contribution is 2.24. The highest BCUT2D eigenvalue weighted by atomic mass is 35.5. The number of benzene rings is 2. The first-order valence-electron chi connectivity index (χ1n) is 10.0. The zero-order chi connectivity index (χ0) is 22.1. The standard InChI is InChI=1S/C23H27ClN2O4S/c1-29-15-6-14-26(18-21-9-5-16-30-21)23(19-7-3-2-4-8-19)17-25-31(27,28)22-12-10-20(24)11-13-22/h2-5,7-13,16,23,25H,6,14-15,17-18H2,1H3/t23-/m0/s1. The van der Waals surface area contributed by atoms with Gasteiger partial charge in [0.1, 0.15) is 5.76 Å². The molecule has 3 aromatic rings. The van der Waals surface area contributed by atoms with E-state index < -0.39 is 10.0 Å². The van der Waals surface area contributed by atoms with Crippen LogP contribution < -0.4 is 4.72 Å². The minimum absolute atomic E-state index is 0.181. The van der Waals surface area contributed by atoms with Gasteiger partial charge in [-0.25, -0.2) is 13.1 Å². The van der Waals surface area contributed by atoms with Crippen LogP contribution in [-0.4, -0.2) is 40.1 Å². The lowest BCUT2D eigenvalue weighted by Gasteiger charge is -2.31. The van der Waals surface area contributed by atoms with E-state index in [-0.39, 0.29) is 17.5 Å². The maximum absolute atomic E-state index is 12.9. The quantitative estimate of drug-likeness (QED) is 0.401. The summed E-state index contributed by atoms with van der Waals surface area (Å²) in [6.07, 6.45) is 2.45. The average Bonchev–Trinajstić information content (AvgIpc) is 3.28. The Morgan fingerprint density at radius 1 is 1.06 bits per heavy atom. The van der Waals surface area contributed by atoms with Gasteiger partial charge in [-0.2, -0.15) is 0 Å². The first-order valence-corrected chi connectivity index (χ1v) is 11.9. The molecule has 6 nitrogen and oxygen atoms in total. The molecule has 0 spiro atoms. The van der Waals surface area contributed by atoms with Crippen molar-refractivity contribution in [2.24, 2.45) is 0 Å². The molecule has 166 valence electrons. The molecule has 1 heterocycles. The second-order valence-corrected chi connectivity index (χ2v) is 9.33. The second kappa shape index (κ2) is 11.5. The molecular formula is C23H27ClN2O4S. The molecule has 0 unspecified atom stereocenters. The summed E-state index contributed by atoms with van der Waals surface area (Å²) < 4.78 is 39.3. The summed E-state index contributed by atoms with van der Waals surface area (Å²) in [5.41, 5.74) is 1.02. The van der Waals surface area contributed by atoms with Crippen molar-refractivity contribution in [1.29, 1.82) is 0 Å². The Morgan fingerprint density at radius 3 is 2.45 bits per heavy atom. The Hall–Kier alpha value is -2.16. The minimum Gasteiger partial charge on any atom is -0.468 e. The number of ether oxygens (including phenoxy) is 1. The van der Waals surface area contributed by atoms with Crippen molar-refractivity contribution in [1.82, 2.24) is 9.62 Å². The van der Waals surface area contributed by atoms with Crippen LogP contribution in [0.2, 0.25) is 5.02 Å². The zero-order valence-corrected chi connectivity index (χ0v) is 19.0. The van der Waals surface area contributed by atoms with E-state index in [1.54, 1.807) is 25.5 Å². The largest absolute Gasteiger partial charge is 0.468 e. The van der Waals surface area contributed by atoms with Gasteiger partial charge in [-0.1, -0.05) is 41.9 Å². The molecule has 0 amide bonds. The summed E-state index contributed by atoms with van der Waals surface area (Å²) in [7, 11) is -2.01. The van der Waals surface area contributed by atoms with Crippen LogP contribution >= 0.6 is 11.6 Å². The highest BCUT2D eigenvalue weighted by Gasteiger charge is 2.24. The number of methoxy groups -OCH3 is 1. The molecule has 1 N–H and O–H groups in total. The number of furan rings is 1. The molecule has 3 rings (SSSR count). The summed E-state index contributed by atoms with van der Waals surface area (Å²) in [5.74, 6) is 0.818. The van der Waals surface area contributed by atoms with Gasteiger partial charge in [-0.05, 0) is 48.4 Å². The van der Waals surface area contributed by atoms with Gasteiger partial charge in [-0.15, -0.1) is 0 Å². The van der Waals surface area contributed by atoms with Crippen molar-refractivity contribution in [3.8, 4) is 0 Å². The summed E-state index contributed by atoms with van der Waals surface area (Å²) in [5, 5.41) is 0.490. The lowest BCUT2D eigenvalue weighted by Crippen LogP contribution is -2.38. The summed E-state index contributed by atoms with van der Waals surface area (Å²) in [6.45, 7) is 2.10. The highest BCUT2D eigenvalue weighted by molar-refractivity contribution is 7.89. The predicted octanol–water partition coefficient (Wildman–Crippen LogP) is 4.49. The van der Waals surface area contributed by atoms with Crippen molar-refractivity contribution in [2.75, 3.05) is 26.8 Å². The first kappa shape index (κ1) is 23.5. The van der Waals surface area contributed by atoms with E-state index in [4.69, 9.17) is 20.8 Å². The van der Waals surface area contributed by atoms with Crippen molar-refractivity contribution in [2.45, 2.75) is 23.9 Å². The third-order valence-electron chi connectivity index (χ3n) is 4.95. The minimum atomic E-state index is -3.68. The van der Waals surface area contributed by atoms with E-state index in [0.717, 1.165) is 24.3 Å². The van der Waals surface area contributed by atoms with Gasteiger partial charge in [-0.3, -0.25) is 4.90 Å². The molecule has 0 aliphatic carbocycles. The van der Waals surface area contributed by atoms with Crippen molar-refractivity contribution >= 4 is 21.6 Å². The van der Waals surface area contributed by atoms with Crippen molar-refractivity contribution < 1.29 is 17.6 Å². The molecule has 0 aliphatic heterocycles. The van der Waals surface area contributed by atoms with Gasteiger partial charge in [0.05, 0.1) is 17.7 Å². The predicted molar refractivity (Wildman–Crippen MR) is 121 cm³/mol. The van der Waals surface area contributed by atoms with Crippen molar-refractivity contribution in [3.05, 3.63) is 89.3 Å². The number of halogens is 1. The molecule has 1 aromatic heterocycles. The third-order valence-corrected chi connectivity index (χ3v) is 6.64. The Morgan fingerprint density at radius 2 is 1.81 bits per heavy atom. The van der Waals surface area contributed by atoms with Crippen LogP contribution in [0.25, 0.3) is 0 Å². The van der Waals surface area contributed by atoms with E-state index in [0.29, 0.717) is 18.2 Å². The lowest BCUT2D eigenvalue weighted by molar-refractivity contribution is 0.137. The fourth-order valence-corrected chi connectivity index (χ4v) is 4.54. The third kappa shape index (κ3) is 6.92. The Balaban J connectivity index is 1.84. The van der Waals surface area contributed by atoms with Gasteiger partial charge in [0, 0.05) is 37.9 Å². The molecule has 2 aromatic carbocycles.